The first-order valence-corrected chi connectivity index (χ1v) is 21.6. The van der Waals surface area contributed by atoms with Gasteiger partial charge in [-0.15, -0.1) is 0 Å². The summed E-state index contributed by atoms with van der Waals surface area (Å²) in [6, 6.07) is 21.5. The van der Waals surface area contributed by atoms with Crippen LogP contribution in [-0.2, 0) is 42.5 Å². The predicted octanol–water partition coefficient (Wildman–Crippen LogP) is 1.94. The molecule has 3 aliphatic heterocycles. The van der Waals surface area contributed by atoms with E-state index in [0.717, 1.165) is 5.56 Å². The molecule has 14 nitrogen and oxygen atoms in total. The van der Waals surface area contributed by atoms with E-state index in [1.807, 2.05) is 49.4 Å². The topological polar surface area (TPSA) is 210 Å². The fraction of sp³-hybridized carbons (Fsp3) is 0.447. The van der Waals surface area contributed by atoms with Gasteiger partial charge in [0.2, 0.25) is 5.91 Å². The highest BCUT2D eigenvalue weighted by Gasteiger charge is 2.66. The molecule has 54 heavy (non-hydrogen) atoms. The Morgan fingerprint density at radius 1 is 0.963 bits per heavy atom. The highest BCUT2D eigenvalue weighted by molar-refractivity contribution is 9.10. The second-order valence-electron chi connectivity index (χ2n) is 14.8. The Labute approximate surface area is 322 Å². The quantitative estimate of drug-likeness (QED) is 0.139. The number of benzene rings is 3. The van der Waals surface area contributed by atoms with Crippen molar-refractivity contribution < 1.29 is 54.2 Å². The molecular formula is C38H46BrN3O11Si. The van der Waals surface area contributed by atoms with Crippen LogP contribution in [0, 0.1) is 5.92 Å². The normalized spacial score (nSPS) is 29.4. The third-order valence-corrected chi connectivity index (χ3v) is 13.6. The van der Waals surface area contributed by atoms with E-state index in [-0.39, 0.29) is 50.2 Å². The third kappa shape index (κ3) is 7.64. The average molecular weight is 829 g/mol. The van der Waals surface area contributed by atoms with Crippen molar-refractivity contribution in [1.82, 2.24) is 4.90 Å². The zero-order valence-corrected chi connectivity index (χ0v) is 32.7. The molecule has 0 saturated carbocycles. The number of carbonyl (C=O) groups is 3. The monoisotopic (exact) mass is 827 g/mol. The molecule has 6 rings (SSSR count). The van der Waals surface area contributed by atoms with Crippen molar-refractivity contribution >= 4 is 53.3 Å². The van der Waals surface area contributed by atoms with Crippen LogP contribution in [0.15, 0.2) is 77.3 Å². The molecule has 3 heterocycles. The van der Waals surface area contributed by atoms with E-state index in [9.17, 15) is 44.7 Å². The lowest BCUT2D eigenvalue weighted by Gasteiger charge is -2.37. The van der Waals surface area contributed by atoms with Gasteiger partial charge in [-0.05, 0) is 54.6 Å². The van der Waals surface area contributed by atoms with Crippen molar-refractivity contribution in [2.24, 2.45) is 5.92 Å². The molecule has 3 aromatic carbocycles. The summed E-state index contributed by atoms with van der Waals surface area (Å²) in [6.45, 7) is 5.65. The summed E-state index contributed by atoms with van der Waals surface area (Å²) in [7, 11) is -3.09. The Kier molecular flexibility index (Phi) is 11.8. The molecule has 0 aromatic heterocycles. The second-order valence-corrected chi connectivity index (χ2v) is 19.6. The molecule has 3 aliphatic rings. The zero-order chi connectivity index (χ0) is 39.1. The number of aliphatic hydroxyl groups is 5. The number of aliphatic hydroxyl groups excluding tert-OH is 5. The molecule has 0 aliphatic carbocycles. The molecular weight excluding hydrogens is 782 g/mol. The van der Waals surface area contributed by atoms with Crippen molar-refractivity contribution in [3.63, 3.8) is 0 Å². The Balaban J connectivity index is 1.27. The van der Waals surface area contributed by atoms with Gasteiger partial charge in [0.05, 0.1) is 31.4 Å². The Bertz CT molecular complexity index is 1870. The lowest BCUT2D eigenvalue weighted by Crippen LogP contribution is -2.60. The fourth-order valence-corrected chi connectivity index (χ4v) is 11.1. The van der Waals surface area contributed by atoms with Crippen LogP contribution in [-0.4, -0.2) is 111 Å². The third-order valence-electron chi connectivity index (χ3n) is 10.6. The van der Waals surface area contributed by atoms with Crippen LogP contribution in [0.4, 0.5) is 11.4 Å². The number of nitrogens with zero attached hydrogens (tertiary/aromatic N) is 2. The van der Waals surface area contributed by atoms with Crippen LogP contribution < -0.4 is 10.2 Å². The summed E-state index contributed by atoms with van der Waals surface area (Å²) in [5, 5.41) is 52.4. The van der Waals surface area contributed by atoms with Gasteiger partial charge in [0.15, 0.2) is 26.3 Å². The van der Waals surface area contributed by atoms with Gasteiger partial charge in [-0.2, -0.15) is 0 Å². The van der Waals surface area contributed by atoms with Crippen molar-refractivity contribution in [1.29, 1.82) is 0 Å². The standard InChI is InChI=1S/C38H46BrN3O11Si/c1-21-34(54(2,3)51)28(18-29(44)41(14-15-43)19-22-8-5-4-6-9-22)53-38(21)26-17-24(39)12-13-27(26)42(37(38)50)20-23-10-7-11-25(16-23)40-35(48)33-31(46)30(45)32(47)36(49)52-33/h4-13,16-17,21,28,30-34,36,43,45-47,49,51H,14-15,18-20H2,1-3H3,(H,40,48)/t21-,28+,30+,31+,32-,33+,34-,36-,38+/m1/s1. The molecule has 1 spiro atoms. The lowest BCUT2D eigenvalue weighted by molar-refractivity contribution is -0.274. The van der Waals surface area contributed by atoms with E-state index in [1.165, 1.54) is 0 Å². The van der Waals surface area contributed by atoms with Crippen LogP contribution in [0.1, 0.15) is 30.0 Å². The highest BCUT2D eigenvalue weighted by atomic mass is 79.9. The minimum absolute atomic E-state index is 0.0523. The maximum Gasteiger partial charge on any atom is 0.264 e. The molecule has 0 unspecified atom stereocenters. The predicted molar refractivity (Wildman–Crippen MR) is 202 cm³/mol. The number of ether oxygens (including phenoxy) is 2. The number of amides is 3. The van der Waals surface area contributed by atoms with Gasteiger partial charge in [-0.3, -0.25) is 14.4 Å². The first-order chi connectivity index (χ1) is 25.6. The minimum atomic E-state index is -3.09. The van der Waals surface area contributed by atoms with Gasteiger partial charge in [-0.25, -0.2) is 0 Å². The molecule has 3 amide bonds. The van der Waals surface area contributed by atoms with Gasteiger partial charge in [-0.1, -0.05) is 65.3 Å². The number of anilines is 2. The Hall–Kier alpha value is -3.55. The van der Waals surface area contributed by atoms with Crippen LogP contribution >= 0.6 is 15.9 Å². The smallest absolute Gasteiger partial charge is 0.264 e. The lowest BCUT2D eigenvalue weighted by atomic mass is 9.82. The summed E-state index contributed by atoms with van der Waals surface area (Å²) < 4.78 is 12.6. The number of nitrogens with one attached hydrogen (secondary N) is 1. The van der Waals surface area contributed by atoms with Gasteiger partial charge in [0.25, 0.3) is 11.8 Å². The molecule has 3 aromatic rings. The average Bonchev–Trinajstić information content (AvgIpc) is 3.54. The summed E-state index contributed by atoms with van der Waals surface area (Å²) in [6.07, 6.45) is -9.87. The van der Waals surface area contributed by atoms with E-state index >= 15 is 0 Å². The van der Waals surface area contributed by atoms with Crippen LogP contribution in [0.25, 0.3) is 0 Å². The highest BCUT2D eigenvalue weighted by Crippen LogP contribution is 2.60. The number of hydrogen-bond donors (Lipinski definition) is 7. The second kappa shape index (κ2) is 15.9. The summed E-state index contributed by atoms with van der Waals surface area (Å²) in [5.74, 6) is -2.04. The zero-order valence-electron chi connectivity index (χ0n) is 30.1. The molecule has 2 saturated heterocycles. The molecule has 0 radical (unpaired) electrons. The molecule has 290 valence electrons. The van der Waals surface area contributed by atoms with Gasteiger partial charge in [0.1, 0.15) is 18.3 Å². The molecule has 0 bridgehead atoms. The maximum atomic E-state index is 14.9. The Morgan fingerprint density at radius 3 is 2.35 bits per heavy atom. The van der Waals surface area contributed by atoms with Gasteiger partial charge < -0.3 is 54.9 Å². The van der Waals surface area contributed by atoms with Crippen molar-refractivity contribution in [3.8, 4) is 0 Å². The SMILES string of the molecule is C[C@@H]1[C@@H]([Si](C)(C)O)[C@H](CC(=O)N(CCO)Cc2ccccc2)O[C@@]12C(=O)N(Cc1cccc(NC(=O)[C@H]3O[C@@H](O)[C@H](O)[C@@H](O)[C@@H]3O)c1)c1ccc(Br)cc12. The number of hydrogen-bond acceptors (Lipinski definition) is 11. The first-order valence-electron chi connectivity index (χ1n) is 17.8. The van der Waals surface area contributed by atoms with E-state index in [1.54, 1.807) is 53.2 Å². The van der Waals surface area contributed by atoms with E-state index < -0.39 is 68.1 Å². The van der Waals surface area contributed by atoms with E-state index in [0.29, 0.717) is 21.3 Å². The number of carbonyl (C=O) groups excluding carboxylic acids is 3. The maximum absolute atomic E-state index is 14.9. The van der Waals surface area contributed by atoms with Crippen molar-refractivity contribution in [2.45, 2.75) is 87.5 Å². The van der Waals surface area contributed by atoms with Crippen molar-refractivity contribution in [3.05, 3.63) is 94.0 Å². The summed E-state index contributed by atoms with van der Waals surface area (Å²) >= 11 is 3.56. The number of fused-ring (bicyclic) bond motifs is 2. The summed E-state index contributed by atoms with van der Waals surface area (Å²) in [5.41, 5.74) is 0.912. The number of halogens is 1. The largest absolute Gasteiger partial charge is 0.432 e. The molecule has 7 N–H and O–H groups in total. The van der Waals surface area contributed by atoms with Crippen molar-refractivity contribution in [2.75, 3.05) is 23.4 Å². The molecule has 9 atom stereocenters. The van der Waals surface area contributed by atoms with Crippen LogP contribution in [0.2, 0.25) is 18.6 Å². The number of rotatable bonds is 11. The van der Waals surface area contributed by atoms with E-state index in [4.69, 9.17) is 9.47 Å². The van der Waals surface area contributed by atoms with Crippen LogP contribution in [0.5, 0.6) is 0 Å². The van der Waals surface area contributed by atoms with E-state index in [2.05, 4.69) is 21.2 Å². The minimum Gasteiger partial charge on any atom is -0.432 e. The first kappa shape index (κ1) is 40.1. The molecule has 16 heteroatoms. The molecule has 2 fully saturated rings. The Morgan fingerprint density at radius 2 is 1.67 bits per heavy atom. The van der Waals surface area contributed by atoms with Gasteiger partial charge in [0, 0.05) is 40.3 Å². The summed E-state index contributed by atoms with van der Waals surface area (Å²) in [4.78, 5) is 56.7. The van der Waals surface area contributed by atoms with Gasteiger partial charge >= 0.3 is 0 Å². The fourth-order valence-electron chi connectivity index (χ4n) is 8.15. The van der Waals surface area contributed by atoms with Crippen LogP contribution in [0.3, 0.4) is 0 Å².